The zero-order valence-corrected chi connectivity index (χ0v) is 7.89. The zero-order valence-electron chi connectivity index (χ0n) is 7.89. The van der Waals surface area contributed by atoms with Crippen molar-refractivity contribution in [1.29, 1.82) is 0 Å². The maximum atomic E-state index is 11.5. The van der Waals surface area contributed by atoms with Gasteiger partial charge in [-0.3, -0.25) is 4.79 Å². The first-order valence-electron chi connectivity index (χ1n) is 4.48. The van der Waals surface area contributed by atoms with Crippen molar-refractivity contribution in [3.05, 3.63) is 23.8 Å². The number of Topliss-reactive ketones (excluding diaryl/α,β-unsaturated/α-hetero) is 1. The van der Waals surface area contributed by atoms with Crippen molar-refractivity contribution in [2.45, 2.75) is 33.1 Å². The summed E-state index contributed by atoms with van der Waals surface area (Å²) in [6.07, 6.45) is 4.36. The minimum Gasteiger partial charge on any atom is -0.295 e. The number of hydrogen-bond acceptors (Lipinski definition) is 1. The lowest BCUT2D eigenvalue weighted by molar-refractivity contribution is -0.116. The van der Waals surface area contributed by atoms with E-state index in [2.05, 4.69) is 20.4 Å². The van der Waals surface area contributed by atoms with E-state index < -0.39 is 0 Å². The molecule has 0 aliphatic heterocycles. The molecular formula is C11H16O. The summed E-state index contributed by atoms with van der Waals surface area (Å²) in [5.74, 6) is 0.859. The van der Waals surface area contributed by atoms with Gasteiger partial charge in [-0.1, -0.05) is 18.6 Å². The number of rotatable bonds is 2. The topological polar surface area (TPSA) is 17.1 Å². The van der Waals surface area contributed by atoms with Crippen molar-refractivity contribution in [2.24, 2.45) is 5.92 Å². The normalized spacial score (nSPS) is 24.5. The van der Waals surface area contributed by atoms with Gasteiger partial charge in [0.05, 0.1) is 0 Å². The first-order valence-corrected chi connectivity index (χ1v) is 4.48. The minimum atomic E-state index is 0.325. The third-order valence-electron chi connectivity index (χ3n) is 2.39. The quantitative estimate of drug-likeness (QED) is 0.573. The Labute approximate surface area is 74.2 Å². The lowest BCUT2D eigenvalue weighted by atomic mass is 9.83. The molecule has 12 heavy (non-hydrogen) atoms. The van der Waals surface area contributed by atoms with Gasteiger partial charge in [0.25, 0.3) is 0 Å². The largest absolute Gasteiger partial charge is 0.295 e. The Morgan fingerprint density at radius 3 is 2.75 bits per heavy atom. The number of hydrogen-bond donors (Lipinski definition) is 0. The molecule has 1 unspecified atom stereocenters. The third kappa shape index (κ3) is 1.84. The van der Waals surface area contributed by atoms with Crippen molar-refractivity contribution in [3.63, 3.8) is 0 Å². The van der Waals surface area contributed by atoms with E-state index in [0.717, 1.165) is 24.8 Å². The van der Waals surface area contributed by atoms with Crippen LogP contribution in [0.3, 0.4) is 0 Å². The highest BCUT2D eigenvalue weighted by Gasteiger charge is 2.21. The fourth-order valence-corrected chi connectivity index (χ4v) is 1.83. The summed E-state index contributed by atoms with van der Waals surface area (Å²) in [5.41, 5.74) is 2.27. The van der Waals surface area contributed by atoms with Gasteiger partial charge in [0, 0.05) is 6.42 Å². The summed E-state index contributed by atoms with van der Waals surface area (Å²) in [4.78, 5) is 11.5. The monoisotopic (exact) mass is 164 g/mol. The molecule has 0 N–H and O–H groups in total. The van der Waals surface area contributed by atoms with Crippen LogP contribution >= 0.6 is 0 Å². The second kappa shape index (κ2) is 3.70. The van der Waals surface area contributed by atoms with Gasteiger partial charge in [0.1, 0.15) is 0 Å². The Hall–Kier alpha value is -0.850. The van der Waals surface area contributed by atoms with Gasteiger partial charge in [-0.15, -0.1) is 6.58 Å². The summed E-state index contributed by atoms with van der Waals surface area (Å²) >= 11 is 0. The van der Waals surface area contributed by atoms with E-state index in [1.165, 1.54) is 5.57 Å². The van der Waals surface area contributed by atoms with Gasteiger partial charge in [-0.25, -0.2) is 0 Å². The number of ketones is 1. The molecule has 0 saturated carbocycles. The average Bonchev–Trinajstić information content (AvgIpc) is 1.96. The van der Waals surface area contributed by atoms with Crippen molar-refractivity contribution in [2.75, 3.05) is 0 Å². The van der Waals surface area contributed by atoms with Crippen LogP contribution in [0.1, 0.15) is 33.1 Å². The van der Waals surface area contributed by atoms with E-state index in [1.54, 1.807) is 0 Å². The third-order valence-corrected chi connectivity index (χ3v) is 2.39. The predicted octanol–water partition coefficient (Wildman–Crippen LogP) is 2.88. The maximum absolute atomic E-state index is 11.5. The summed E-state index contributed by atoms with van der Waals surface area (Å²) in [6, 6.07) is 0. The van der Waals surface area contributed by atoms with Crippen molar-refractivity contribution in [1.82, 2.24) is 0 Å². The van der Waals surface area contributed by atoms with Crippen LogP contribution in [0.4, 0.5) is 0 Å². The first-order chi connectivity index (χ1) is 5.65. The van der Waals surface area contributed by atoms with Crippen LogP contribution in [-0.4, -0.2) is 5.78 Å². The fraction of sp³-hybridized carbons (Fsp3) is 0.545. The second-order valence-corrected chi connectivity index (χ2v) is 3.69. The van der Waals surface area contributed by atoms with E-state index in [9.17, 15) is 4.79 Å². The Morgan fingerprint density at radius 2 is 2.25 bits per heavy atom. The molecule has 0 amide bonds. The van der Waals surface area contributed by atoms with Gasteiger partial charge < -0.3 is 0 Å². The Morgan fingerprint density at radius 1 is 1.58 bits per heavy atom. The van der Waals surface area contributed by atoms with Crippen LogP contribution in [0.2, 0.25) is 0 Å². The van der Waals surface area contributed by atoms with E-state index in [4.69, 9.17) is 0 Å². The Balaban J connectivity index is 2.85. The second-order valence-electron chi connectivity index (χ2n) is 3.69. The van der Waals surface area contributed by atoms with Crippen molar-refractivity contribution < 1.29 is 4.79 Å². The molecule has 0 aromatic carbocycles. The van der Waals surface area contributed by atoms with Crippen LogP contribution in [0, 0.1) is 5.92 Å². The maximum Gasteiger partial charge on any atom is 0.159 e. The first kappa shape index (κ1) is 9.24. The Kier molecular flexibility index (Phi) is 2.85. The van der Waals surface area contributed by atoms with Gasteiger partial charge in [0.2, 0.25) is 0 Å². The zero-order chi connectivity index (χ0) is 9.14. The SMILES string of the molecule is C=CCC1=C(C)CC(C)CC1=O. The highest BCUT2D eigenvalue weighted by atomic mass is 16.1. The molecule has 0 aromatic rings. The lowest BCUT2D eigenvalue weighted by Gasteiger charge is -2.20. The van der Waals surface area contributed by atoms with E-state index in [1.807, 2.05) is 6.08 Å². The minimum absolute atomic E-state index is 0.325. The molecule has 66 valence electrons. The van der Waals surface area contributed by atoms with Crippen LogP contribution in [0.15, 0.2) is 23.8 Å². The van der Waals surface area contributed by atoms with Crippen molar-refractivity contribution >= 4 is 5.78 Å². The van der Waals surface area contributed by atoms with Crippen LogP contribution < -0.4 is 0 Å². The average molecular weight is 164 g/mol. The molecule has 0 heterocycles. The smallest absolute Gasteiger partial charge is 0.159 e. The van der Waals surface area contributed by atoms with Gasteiger partial charge in [-0.05, 0) is 31.3 Å². The molecule has 1 aliphatic rings. The van der Waals surface area contributed by atoms with E-state index in [-0.39, 0.29) is 0 Å². The van der Waals surface area contributed by atoms with Crippen LogP contribution in [0.5, 0.6) is 0 Å². The van der Waals surface area contributed by atoms with Gasteiger partial charge in [0.15, 0.2) is 5.78 Å². The summed E-state index contributed by atoms with van der Waals surface area (Å²) in [6.45, 7) is 7.85. The highest BCUT2D eigenvalue weighted by molar-refractivity contribution is 5.97. The van der Waals surface area contributed by atoms with Gasteiger partial charge in [-0.2, -0.15) is 0 Å². The predicted molar refractivity (Wildman–Crippen MR) is 50.9 cm³/mol. The Bertz CT molecular complexity index is 235. The number of allylic oxidation sites excluding steroid dienone is 3. The molecule has 0 aromatic heterocycles. The van der Waals surface area contributed by atoms with Crippen LogP contribution in [-0.2, 0) is 4.79 Å². The molecule has 1 atom stereocenters. The molecule has 0 spiro atoms. The fourth-order valence-electron chi connectivity index (χ4n) is 1.83. The van der Waals surface area contributed by atoms with Crippen molar-refractivity contribution in [3.8, 4) is 0 Å². The van der Waals surface area contributed by atoms with Crippen LogP contribution in [0.25, 0.3) is 0 Å². The van der Waals surface area contributed by atoms with Gasteiger partial charge >= 0.3 is 0 Å². The number of carbonyl (C=O) groups is 1. The standard InChI is InChI=1S/C11H16O/c1-4-5-10-9(3)6-8(2)7-11(10)12/h4,8H,1,5-7H2,2-3H3. The highest BCUT2D eigenvalue weighted by Crippen LogP contribution is 2.27. The summed E-state index contributed by atoms with van der Waals surface area (Å²) in [5, 5.41) is 0. The number of carbonyl (C=O) groups excluding carboxylic acids is 1. The summed E-state index contributed by atoms with van der Waals surface area (Å²) < 4.78 is 0. The molecular weight excluding hydrogens is 148 g/mol. The molecule has 1 heteroatoms. The molecule has 0 saturated heterocycles. The molecule has 0 fully saturated rings. The molecule has 1 aliphatic carbocycles. The summed E-state index contributed by atoms with van der Waals surface area (Å²) in [7, 11) is 0. The van der Waals surface area contributed by atoms with E-state index >= 15 is 0 Å². The molecule has 0 bridgehead atoms. The molecule has 0 radical (unpaired) electrons. The van der Waals surface area contributed by atoms with E-state index in [0.29, 0.717) is 11.7 Å². The molecule has 1 rings (SSSR count). The lowest BCUT2D eigenvalue weighted by Crippen LogP contribution is -2.16. The molecule has 1 nitrogen and oxygen atoms in total.